The molecule has 3 heterocycles. The molecular formula is C35H46ClN7O4. The van der Waals surface area contributed by atoms with Gasteiger partial charge in [-0.1, -0.05) is 11.6 Å². The largest absolute Gasteiger partial charge is 0.490 e. The van der Waals surface area contributed by atoms with Gasteiger partial charge in [-0.05, 0) is 102 Å². The van der Waals surface area contributed by atoms with Crippen LogP contribution >= 0.6 is 11.6 Å². The van der Waals surface area contributed by atoms with Crippen LogP contribution in [0.1, 0.15) is 88.2 Å². The Hall–Kier alpha value is -3.62. The van der Waals surface area contributed by atoms with Gasteiger partial charge in [0.05, 0.1) is 16.7 Å². The molecule has 1 aromatic carbocycles. The number of piperidine rings is 1. The minimum absolute atomic E-state index is 0.0438. The normalized spacial score (nSPS) is 23.5. The van der Waals surface area contributed by atoms with Crippen LogP contribution in [0.15, 0.2) is 30.3 Å². The van der Waals surface area contributed by atoms with Gasteiger partial charge in [-0.3, -0.25) is 9.69 Å². The van der Waals surface area contributed by atoms with Crippen LogP contribution in [0.25, 0.3) is 0 Å². The van der Waals surface area contributed by atoms with Gasteiger partial charge in [0.25, 0.3) is 5.91 Å². The number of nitrogens with one attached hydrogen (secondary N) is 1. The number of halogens is 1. The molecular weight excluding hydrogens is 618 g/mol. The first-order chi connectivity index (χ1) is 22.5. The molecule has 0 radical (unpaired) electrons. The predicted molar refractivity (Wildman–Crippen MR) is 179 cm³/mol. The van der Waals surface area contributed by atoms with E-state index >= 15 is 0 Å². The molecule has 1 aromatic heterocycles. The lowest BCUT2D eigenvalue weighted by molar-refractivity contribution is -0.0396. The highest BCUT2D eigenvalue weighted by Crippen LogP contribution is 2.51. The van der Waals surface area contributed by atoms with Crippen molar-refractivity contribution in [1.29, 1.82) is 5.26 Å². The zero-order chi connectivity index (χ0) is 33.2. The standard InChI is InChI=1S/C35H46ClN7O4/c1-34(2,3)47-33(45)43-18-16-41(17-19-43)26-21-35(22-26)12-14-42(15-13-35)31-11-10-30(39-40-31)32(44)38-25-5-8-27(9-6-25)46-28-7-4-24(23-37)29(36)20-28/h4,7,10-11,20,25-27H,5-6,8-9,12-19,21-22H2,1-3H3,(H,38,44). The van der Waals surface area contributed by atoms with Crippen molar-refractivity contribution in [3.63, 3.8) is 0 Å². The van der Waals surface area contributed by atoms with Gasteiger partial charge in [-0.25, -0.2) is 4.79 Å². The second-order valence-corrected chi connectivity index (χ2v) is 15.1. The molecule has 2 amide bonds. The van der Waals surface area contributed by atoms with Crippen molar-refractivity contribution in [2.75, 3.05) is 44.2 Å². The maximum absolute atomic E-state index is 12.9. The Morgan fingerprint density at radius 2 is 1.68 bits per heavy atom. The van der Waals surface area contributed by atoms with E-state index in [0.29, 0.717) is 33.5 Å². The van der Waals surface area contributed by atoms with Gasteiger partial charge < -0.3 is 24.6 Å². The van der Waals surface area contributed by atoms with Crippen LogP contribution in [0.3, 0.4) is 0 Å². The van der Waals surface area contributed by atoms with Crippen LogP contribution in [0.5, 0.6) is 5.75 Å². The summed E-state index contributed by atoms with van der Waals surface area (Å²) in [7, 11) is 0. The summed E-state index contributed by atoms with van der Waals surface area (Å²) in [5.41, 5.74) is 0.699. The Bertz CT molecular complexity index is 1460. The molecule has 2 saturated heterocycles. The Kier molecular flexibility index (Phi) is 9.81. The molecule has 2 aromatic rings. The molecule has 1 spiro atoms. The molecule has 4 aliphatic rings. The summed E-state index contributed by atoms with van der Waals surface area (Å²) in [6.45, 7) is 10.9. The zero-order valence-corrected chi connectivity index (χ0v) is 28.5. The summed E-state index contributed by atoms with van der Waals surface area (Å²) in [6, 6.07) is 11.5. The molecule has 11 nitrogen and oxygen atoms in total. The summed E-state index contributed by atoms with van der Waals surface area (Å²) in [5, 5.41) is 21.3. The monoisotopic (exact) mass is 663 g/mol. The van der Waals surface area contributed by atoms with Crippen LogP contribution in [0.4, 0.5) is 10.6 Å². The van der Waals surface area contributed by atoms with Gasteiger partial charge in [0.2, 0.25) is 0 Å². The average molecular weight is 664 g/mol. The lowest BCUT2D eigenvalue weighted by Gasteiger charge is -2.56. The summed E-state index contributed by atoms with van der Waals surface area (Å²) in [5.74, 6) is 1.29. The number of nitrogens with zero attached hydrogens (tertiary/aromatic N) is 6. The number of aromatic nitrogens is 2. The lowest BCUT2D eigenvalue weighted by atomic mass is 9.60. The van der Waals surface area contributed by atoms with Crippen molar-refractivity contribution < 1.29 is 19.1 Å². The first kappa shape index (κ1) is 33.3. The van der Waals surface area contributed by atoms with Gasteiger partial charge >= 0.3 is 6.09 Å². The molecule has 2 aliphatic carbocycles. The SMILES string of the molecule is CC(C)(C)OC(=O)N1CCN(C2CC3(CCN(c4ccc(C(=O)NC5CCC(Oc6ccc(C#N)c(Cl)c6)CC5)nn4)CC3)C2)CC1. The fraction of sp³-hybridized carbons (Fsp3) is 0.629. The van der Waals surface area contributed by atoms with E-state index in [4.69, 9.17) is 26.3 Å². The number of ether oxygens (including phenoxy) is 2. The molecule has 0 unspecified atom stereocenters. The van der Waals surface area contributed by atoms with Crippen molar-refractivity contribution in [2.24, 2.45) is 5.41 Å². The molecule has 0 atom stereocenters. The van der Waals surface area contributed by atoms with E-state index < -0.39 is 5.60 Å². The number of piperazine rings is 1. The van der Waals surface area contributed by atoms with E-state index in [0.717, 1.165) is 83.6 Å². The van der Waals surface area contributed by atoms with Gasteiger partial charge in [0, 0.05) is 57.4 Å². The third-order valence-corrected chi connectivity index (χ3v) is 10.5. The maximum Gasteiger partial charge on any atom is 0.410 e. The van der Waals surface area contributed by atoms with Gasteiger partial charge in [0.15, 0.2) is 11.5 Å². The molecule has 12 heteroatoms. The van der Waals surface area contributed by atoms with Crippen LogP contribution in [-0.2, 0) is 4.74 Å². The minimum atomic E-state index is -0.463. The summed E-state index contributed by atoms with van der Waals surface area (Å²) in [6.07, 6.45) is 7.79. The highest BCUT2D eigenvalue weighted by molar-refractivity contribution is 6.31. The number of nitriles is 1. The number of amides is 2. The molecule has 4 fully saturated rings. The Labute approximate surface area is 282 Å². The first-order valence-electron chi connectivity index (χ1n) is 17.0. The fourth-order valence-corrected chi connectivity index (χ4v) is 7.68. The topological polar surface area (TPSA) is 124 Å². The first-order valence-corrected chi connectivity index (χ1v) is 17.3. The number of hydrogen-bond acceptors (Lipinski definition) is 9. The molecule has 6 rings (SSSR count). The van der Waals surface area contributed by atoms with E-state index in [1.165, 1.54) is 12.8 Å². The highest BCUT2D eigenvalue weighted by Gasteiger charge is 2.48. The number of anilines is 1. The van der Waals surface area contributed by atoms with Crippen LogP contribution in [-0.4, -0.2) is 95.1 Å². The molecule has 47 heavy (non-hydrogen) atoms. The quantitative estimate of drug-likeness (QED) is 0.431. The number of carbonyl (C=O) groups excluding carboxylic acids is 2. The predicted octanol–water partition coefficient (Wildman–Crippen LogP) is 5.42. The number of carbonyl (C=O) groups is 2. The van der Waals surface area contributed by atoms with Crippen molar-refractivity contribution in [3.05, 3.63) is 46.6 Å². The Morgan fingerprint density at radius 1 is 0.979 bits per heavy atom. The van der Waals surface area contributed by atoms with Crippen LogP contribution < -0.4 is 15.0 Å². The summed E-state index contributed by atoms with van der Waals surface area (Å²) in [4.78, 5) is 32.0. The maximum atomic E-state index is 12.9. The smallest absolute Gasteiger partial charge is 0.410 e. The van der Waals surface area contributed by atoms with E-state index in [2.05, 4.69) is 31.4 Å². The van der Waals surface area contributed by atoms with Gasteiger partial charge in [0.1, 0.15) is 17.4 Å². The number of rotatable bonds is 6. The molecule has 2 aliphatic heterocycles. The molecule has 252 valence electrons. The van der Waals surface area contributed by atoms with E-state index in [1.807, 2.05) is 31.7 Å². The van der Waals surface area contributed by atoms with Crippen molar-refractivity contribution in [3.8, 4) is 11.8 Å². The Balaban J connectivity index is 0.896. The minimum Gasteiger partial charge on any atom is -0.490 e. The van der Waals surface area contributed by atoms with Gasteiger partial charge in [-0.2, -0.15) is 5.26 Å². The van der Waals surface area contributed by atoms with E-state index in [9.17, 15) is 9.59 Å². The molecule has 2 saturated carbocycles. The lowest BCUT2D eigenvalue weighted by Crippen LogP contribution is -2.59. The molecule has 0 bridgehead atoms. The Morgan fingerprint density at radius 3 is 2.28 bits per heavy atom. The average Bonchev–Trinajstić information content (AvgIpc) is 3.04. The van der Waals surface area contributed by atoms with Crippen molar-refractivity contribution in [1.82, 2.24) is 25.3 Å². The zero-order valence-electron chi connectivity index (χ0n) is 27.7. The second kappa shape index (κ2) is 13.9. The van der Waals surface area contributed by atoms with Crippen molar-refractivity contribution in [2.45, 2.75) is 95.9 Å². The van der Waals surface area contributed by atoms with Crippen LogP contribution in [0, 0.1) is 16.7 Å². The molecule has 1 N–H and O–H groups in total. The van der Waals surface area contributed by atoms with Gasteiger partial charge in [-0.15, -0.1) is 10.2 Å². The fourth-order valence-electron chi connectivity index (χ4n) is 7.46. The van der Waals surface area contributed by atoms with E-state index in [1.54, 1.807) is 24.3 Å². The summed E-state index contributed by atoms with van der Waals surface area (Å²) < 4.78 is 11.6. The third kappa shape index (κ3) is 8.10. The number of benzene rings is 1. The van der Waals surface area contributed by atoms with Crippen LogP contribution in [0.2, 0.25) is 5.02 Å². The van der Waals surface area contributed by atoms with E-state index in [-0.39, 0.29) is 24.1 Å². The van der Waals surface area contributed by atoms with Crippen molar-refractivity contribution >= 4 is 29.4 Å². The third-order valence-electron chi connectivity index (χ3n) is 10.2. The highest BCUT2D eigenvalue weighted by atomic mass is 35.5. The number of hydrogen-bond donors (Lipinski definition) is 1. The summed E-state index contributed by atoms with van der Waals surface area (Å²) >= 11 is 6.13. The second-order valence-electron chi connectivity index (χ2n) is 14.6.